The first-order valence-corrected chi connectivity index (χ1v) is 12.2. The summed E-state index contributed by atoms with van der Waals surface area (Å²) in [6, 6.07) is 9.50. The zero-order valence-electron chi connectivity index (χ0n) is 21.5. The Balaban J connectivity index is 1.37. The fraction of sp³-hybridized carbons (Fsp3) is 0.333. The summed E-state index contributed by atoms with van der Waals surface area (Å²) in [7, 11) is 2.93. The third-order valence-electron chi connectivity index (χ3n) is 6.44. The number of carbonyl (C=O) groups excluding carboxylic acids is 1. The van der Waals surface area contributed by atoms with Crippen molar-refractivity contribution in [2.45, 2.75) is 39.6 Å². The second kappa shape index (κ2) is 11.1. The number of nitrogens with zero attached hydrogens (tertiary/aromatic N) is 5. The van der Waals surface area contributed by atoms with Crippen molar-refractivity contribution in [1.82, 2.24) is 30.1 Å². The zero-order valence-corrected chi connectivity index (χ0v) is 21.5. The van der Waals surface area contributed by atoms with Crippen molar-refractivity contribution in [3.05, 3.63) is 87.7 Å². The fourth-order valence-electron chi connectivity index (χ4n) is 4.54. The van der Waals surface area contributed by atoms with Gasteiger partial charge in [-0.05, 0) is 42.2 Å². The normalized spacial score (nSPS) is 12.8. The highest BCUT2D eigenvalue weighted by Gasteiger charge is 2.21. The molecule has 11 heteroatoms. The minimum absolute atomic E-state index is 0.0678. The molecule has 10 nitrogen and oxygen atoms in total. The molecule has 4 aromatic rings. The van der Waals surface area contributed by atoms with Crippen LogP contribution in [0.5, 0.6) is 5.75 Å². The molecule has 2 aromatic carbocycles. The summed E-state index contributed by atoms with van der Waals surface area (Å²) < 4.78 is 34.4. The van der Waals surface area contributed by atoms with Crippen LogP contribution in [-0.2, 0) is 42.2 Å². The molecule has 0 saturated carbocycles. The summed E-state index contributed by atoms with van der Waals surface area (Å²) in [5.74, 6) is -0.911. The van der Waals surface area contributed by atoms with Crippen LogP contribution in [0.1, 0.15) is 44.0 Å². The highest BCUT2D eigenvalue weighted by atomic mass is 19.1. The van der Waals surface area contributed by atoms with E-state index in [-0.39, 0.29) is 24.5 Å². The monoisotopic (exact) mass is 520 g/mol. The number of fused-ring (bicyclic) bond motifs is 1. The third-order valence-corrected chi connectivity index (χ3v) is 6.44. The number of amides is 1. The summed E-state index contributed by atoms with van der Waals surface area (Å²) in [6.45, 7) is 3.67. The van der Waals surface area contributed by atoms with Gasteiger partial charge in [-0.1, -0.05) is 23.4 Å². The molecule has 3 heterocycles. The highest BCUT2D eigenvalue weighted by molar-refractivity contribution is 5.95. The van der Waals surface area contributed by atoms with Gasteiger partial charge in [-0.2, -0.15) is 5.10 Å². The number of nitrogens with one attached hydrogen (secondary N) is 1. The van der Waals surface area contributed by atoms with Gasteiger partial charge in [0.25, 0.3) is 5.91 Å². The minimum atomic E-state index is -0.581. The summed E-state index contributed by atoms with van der Waals surface area (Å²) in [5, 5.41) is 15.4. The van der Waals surface area contributed by atoms with Crippen LogP contribution in [-0.4, -0.2) is 51.5 Å². The predicted molar refractivity (Wildman–Crippen MR) is 136 cm³/mol. The van der Waals surface area contributed by atoms with Gasteiger partial charge in [-0.25, -0.2) is 9.07 Å². The van der Waals surface area contributed by atoms with Crippen molar-refractivity contribution >= 4 is 5.91 Å². The van der Waals surface area contributed by atoms with Gasteiger partial charge < -0.3 is 19.5 Å². The summed E-state index contributed by atoms with van der Waals surface area (Å²) in [6.07, 6.45) is 4.27. The second-order valence-corrected chi connectivity index (χ2v) is 9.09. The molecule has 0 atom stereocenters. The average Bonchev–Trinajstić information content (AvgIpc) is 3.53. The van der Waals surface area contributed by atoms with Gasteiger partial charge in [0.2, 0.25) is 0 Å². The standard InChI is InChI=1S/C27H29FN6O4/c1-17-12-34(32-30-17)24-6-7-25(37-3)26(28)21(24)11-29-27(35)22-14-33(31-23(22)16-36-2)13-18-4-5-19-8-9-38-15-20(19)10-18/h4-7,10,12,14H,8-9,11,13,15-16H2,1-3H3,(H,29,35). The Labute approximate surface area is 219 Å². The van der Waals surface area contributed by atoms with Crippen LogP contribution < -0.4 is 10.1 Å². The van der Waals surface area contributed by atoms with Gasteiger partial charge in [0.15, 0.2) is 11.6 Å². The van der Waals surface area contributed by atoms with E-state index < -0.39 is 11.7 Å². The lowest BCUT2D eigenvalue weighted by molar-refractivity contribution is 0.0945. The van der Waals surface area contributed by atoms with Gasteiger partial charge in [-0.3, -0.25) is 9.48 Å². The van der Waals surface area contributed by atoms with Crippen LogP contribution in [0.15, 0.2) is 42.7 Å². The Hall–Kier alpha value is -4.09. The number of hydrogen-bond acceptors (Lipinski definition) is 7. The molecule has 0 radical (unpaired) electrons. The third kappa shape index (κ3) is 5.29. The topological polar surface area (TPSA) is 105 Å². The number of rotatable bonds is 9. The first-order valence-electron chi connectivity index (χ1n) is 12.2. The lowest BCUT2D eigenvalue weighted by Crippen LogP contribution is -2.25. The molecule has 0 aliphatic carbocycles. The van der Waals surface area contributed by atoms with Gasteiger partial charge in [0.05, 0.1) is 56.6 Å². The molecule has 0 spiro atoms. The van der Waals surface area contributed by atoms with E-state index in [2.05, 4.69) is 38.9 Å². The van der Waals surface area contributed by atoms with E-state index >= 15 is 4.39 Å². The Morgan fingerprint density at radius 1 is 1.18 bits per heavy atom. The Kier molecular flexibility index (Phi) is 7.47. The van der Waals surface area contributed by atoms with E-state index in [1.165, 1.54) is 29.0 Å². The van der Waals surface area contributed by atoms with Crippen LogP contribution in [0.4, 0.5) is 4.39 Å². The number of aromatic nitrogens is 5. The Morgan fingerprint density at radius 3 is 2.82 bits per heavy atom. The molecule has 0 unspecified atom stereocenters. The molecule has 5 rings (SSSR count). The van der Waals surface area contributed by atoms with Gasteiger partial charge in [0, 0.05) is 25.4 Å². The van der Waals surface area contributed by atoms with Crippen molar-refractivity contribution in [2.75, 3.05) is 20.8 Å². The van der Waals surface area contributed by atoms with Crippen molar-refractivity contribution in [2.24, 2.45) is 0 Å². The summed E-state index contributed by atoms with van der Waals surface area (Å²) in [4.78, 5) is 13.3. The molecular weight excluding hydrogens is 491 g/mol. The summed E-state index contributed by atoms with van der Waals surface area (Å²) >= 11 is 0. The maximum atomic E-state index is 15.3. The molecule has 0 bridgehead atoms. The molecule has 198 valence electrons. The number of carbonyl (C=O) groups is 1. The zero-order chi connectivity index (χ0) is 26.6. The maximum absolute atomic E-state index is 15.3. The van der Waals surface area contributed by atoms with Crippen LogP contribution >= 0.6 is 0 Å². The maximum Gasteiger partial charge on any atom is 0.255 e. The highest BCUT2D eigenvalue weighted by Crippen LogP contribution is 2.26. The average molecular weight is 521 g/mol. The van der Waals surface area contributed by atoms with Crippen molar-refractivity contribution < 1.29 is 23.4 Å². The number of ether oxygens (including phenoxy) is 3. The van der Waals surface area contributed by atoms with Gasteiger partial charge >= 0.3 is 0 Å². The van der Waals surface area contributed by atoms with E-state index in [9.17, 15) is 4.79 Å². The second-order valence-electron chi connectivity index (χ2n) is 9.09. The molecule has 1 N–H and O–H groups in total. The first kappa shape index (κ1) is 25.6. The van der Waals surface area contributed by atoms with Gasteiger partial charge in [-0.15, -0.1) is 5.10 Å². The lowest BCUT2D eigenvalue weighted by Gasteiger charge is -2.17. The van der Waals surface area contributed by atoms with Gasteiger partial charge in [0.1, 0.15) is 5.69 Å². The number of hydrogen-bond donors (Lipinski definition) is 1. The predicted octanol–water partition coefficient (Wildman–Crippen LogP) is 3.12. The molecule has 1 amide bonds. The van der Waals surface area contributed by atoms with Crippen LogP contribution in [0.2, 0.25) is 0 Å². The number of methoxy groups -OCH3 is 2. The van der Waals surface area contributed by atoms with E-state index in [4.69, 9.17) is 14.2 Å². The van der Waals surface area contributed by atoms with Crippen LogP contribution in [0.3, 0.4) is 0 Å². The number of halogens is 1. The first-order chi connectivity index (χ1) is 18.5. The SMILES string of the molecule is COCc1nn(Cc2ccc3c(c2)COCC3)cc1C(=O)NCc1c(-n2cc(C)nn2)ccc(OC)c1F. The molecule has 38 heavy (non-hydrogen) atoms. The minimum Gasteiger partial charge on any atom is -0.494 e. The summed E-state index contributed by atoms with van der Waals surface area (Å²) in [5.41, 5.74) is 5.73. The van der Waals surface area contributed by atoms with E-state index in [1.807, 2.05) is 0 Å². The van der Waals surface area contributed by atoms with Crippen molar-refractivity contribution in [1.29, 1.82) is 0 Å². The number of benzene rings is 2. The molecule has 0 fully saturated rings. The van der Waals surface area contributed by atoms with Crippen molar-refractivity contribution in [3.63, 3.8) is 0 Å². The van der Waals surface area contributed by atoms with Crippen LogP contribution in [0.25, 0.3) is 5.69 Å². The van der Waals surface area contributed by atoms with E-state index in [0.717, 1.165) is 18.6 Å². The fourth-order valence-corrected chi connectivity index (χ4v) is 4.54. The quantitative estimate of drug-likeness (QED) is 0.362. The van der Waals surface area contributed by atoms with Crippen LogP contribution in [0, 0.1) is 12.7 Å². The molecule has 2 aromatic heterocycles. The Morgan fingerprint density at radius 2 is 2.05 bits per heavy atom. The largest absolute Gasteiger partial charge is 0.494 e. The van der Waals surface area contributed by atoms with E-state index in [1.54, 1.807) is 37.2 Å². The Bertz CT molecular complexity index is 1460. The molecule has 0 saturated heterocycles. The van der Waals surface area contributed by atoms with Crippen molar-refractivity contribution in [3.8, 4) is 11.4 Å². The molecule has 1 aliphatic rings. The smallest absolute Gasteiger partial charge is 0.255 e. The molecular formula is C27H29FN6O4. The molecule has 1 aliphatic heterocycles. The number of aryl methyl sites for hydroxylation is 1. The van der Waals surface area contributed by atoms with E-state index in [0.29, 0.717) is 35.8 Å². The lowest BCUT2D eigenvalue weighted by atomic mass is 10.0.